The number of esters is 1. The maximum atomic E-state index is 11.4. The normalized spacial score (nSPS) is 9.47. The molecule has 0 heterocycles. The Morgan fingerprint density at radius 2 is 2.13 bits per heavy atom. The van der Waals surface area contributed by atoms with E-state index in [2.05, 4.69) is 0 Å². The summed E-state index contributed by atoms with van der Waals surface area (Å²) in [5.41, 5.74) is 0.704. The fourth-order valence-electron chi connectivity index (χ4n) is 1.14. The lowest BCUT2D eigenvalue weighted by Gasteiger charge is -2.05. The quantitative estimate of drug-likeness (QED) is 0.558. The maximum absolute atomic E-state index is 11.4. The van der Waals surface area contributed by atoms with Crippen LogP contribution in [-0.4, -0.2) is 26.0 Å². The molecule has 4 nitrogen and oxygen atoms in total. The molecule has 1 aromatic rings. The number of carbonyl (C=O) groups is 2. The van der Waals surface area contributed by atoms with Crippen molar-refractivity contribution in [3.8, 4) is 5.75 Å². The second-order valence-electron chi connectivity index (χ2n) is 2.83. The number of carbonyl (C=O) groups excluding carboxylic acids is 2. The number of ether oxygens (including phenoxy) is 2. The first-order chi connectivity index (χ1) is 7.21. The molecule has 0 amide bonds. The molecule has 0 bridgehead atoms. The Hall–Kier alpha value is -1.84. The third-order valence-electron chi connectivity index (χ3n) is 1.81. The van der Waals surface area contributed by atoms with E-state index in [1.807, 2.05) is 0 Å². The van der Waals surface area contributed by atoms with Crippen molar-refractivity contribution >= 4 is 12.3 Å². The number of benzene rings is 1. The van der Waals surface area contributed by atoms with Crippen molar-refractivity contribution in [2.45, 2.75) is 6.92 Å². The van der Waals surface area contributed by atoms with E-state index in [0.717, 1.165) is 0 Å². The van der Waals surface area contributed by atoms with Crippen LogP contribution < -0.4 is 4.74 Å². The average Bonchev–Trinajstić information content (AvgIpc) is 2.28. The van der Waals surface area contributed by atoms with Crippen LogP contribution >= 0.6 is 0 Å². The Morgan fingerprint density at radius 3 is 2.67 bits per heavy atom. The van der Waals surface area contributed by atoms with Crippen LogP contribution in [0.5, 0.6) is 5.75 Å². The molecule has 0 aliphatic carbocycles. The minimum Gasteiger partial charge on any atom is -0.497 e. The van der Waals surface area contributed by atoms with Gasteiger partial charge in [0.1, 0.15) is 12.0 Å². The van der Waals surface area contributed by atoms with Crippen molar-refractivity contribution in [3.05, 3.63) is 29.3 Å². The Labute approximate surface area is 87.8 Å². The summed E-state index contributed by atoms with van der Waals surface area (Å²) >= 11 is 0. The highest BCUT2D eigenvalue weighted by atomic mass is 16.5. The van der Waals surface area contributed by atoms with E-state index in [4.69, 9.17) is 9.47 Å². The predicted octanol–water partition coefficient (Wildman–Crippen LogP) is 1.68. The third-order valence-corrected chi connectivity index (χ3v) is 1.81. The molecular formula is C11H12O4. The molecule has 1 rings (SSSR count). The molecule has 80 valence electrons. The van der Waals surface area contributed by atoms with Gasteiger partial charge in [-0.2, -0.15) is 0 Å². The molecule has 0 aliphatic heterocycles. The van der Waals surface area contributed by atoms with Crippen molar-refractivity contribution in [1.82, 2.24) is 0 Å². The fraction of sp³-hybridized carbons (Fsp3) is 0.273. The molecule has 0 atom stereocenters. The number of methoxy groups -OCH3 is 1. The summed E-state index contributed by atoms with van der Waals surface area (Å²) in [5, 5.41) is 0. The lowest BCUT2D eigenvalue weighted by Crippen LogP contribution is -2.05. The number of rotatable bonds is 4. The Bertz CT molecular complexity index is 371. The van der Waals surface area contributed by atoms with Crippen molar-refractivity contribution in [2.75, 3.05) is 13.7 Å². The summed E-state index contributed by atoms with van der Waals surface area (Å²) in [6.07, 6.45) is 0.658. The zero-order valence-corrected chi connectivity index (χ0v) is 8.65. The molecule has 0 fully saturated rings. The smallest absolute Gasteiger partial charge is 0.338 e. The summed E-state index contributed by atoms with van der Waals surface area (Å²) in [4.78, 5) is 22.0. The Morgan fingerprint density at radius 1 is 1.40 bits per heavy atom. The summed E-state index contributed by atoms with van der Waals surface area (Å²) < 4.78 is 9.78. The highest BCUT2D eigenvalue weighted by Crippen LogP contribution is 2.16. The Balaban J connectivity index is 3.06. The van der Waals surface area contributed by atoms with Crippen LogP contribution in [-0.2, 0) is 4.74 Å². The van der Waals surface area contributed by atoms with Gasteiger partial charge in [-0.15, -0.1) is 0 Å². The first-order valence-corrected chi connectivity index (χ1v) is 4.52. The third kappa shape index (κ3) is 2.80. The molecular weight excluding hydrogens is 196 g/mol. The van der Waals surface area contributed by atoms with Gasteiger partial charge >= 0.3 is 5.97 Å². The molecule has 4 heteroatoms. The van der Waals surface area contributed by atoms with Crippen LogP contribution in [0.4, 0.5) is 0 Å². The van der Waals surface area contributed by atoms with Gasteiger partial charge in [0, 0.05) is 5.56 Å². The number of hydrogen-bond acceptors (Lipinski definition) is 4. The van der Waals surface area contributed by atoms with E-state index < -0.39 is 5.97 Å². The largest absolute Gasteiger partial charge is 0.497 e. The molecule has 0 aliphatic rings. The van der Waals surface area contributed by atoms with E-state index in [9.17, 15) is 9.59 Å². The van der Waals surface area contributed by atoms with Crippen LogP contribution in [0.2, 0.25) is 0 Å². The minimum absolute atomic E-state index is 0.298. The Kier molecular flexibility index (Phi) is 3.85. The average molecular weight is 208 g/mol. The first-order valence-electron chi connectivity index (χ1n) is 4.52. The van der Waals surface area contributed by atoms with Gasteiger partial charge in [-0.1, -0.05) is 0 Å². The molecule has 0 saturated heterocycles. The summed E-state index contributed by atoms with van der Waals surface area (Å²) in [5.74, 6) is 0.00199. The van der Waals surface area contributed by atoms with E-state index in [0.29, 0.717) is 29.8 Å². The monoisotopic (exact) mass is 208 g/mol. The van der Waals surface area contributed by atoms with E-state index in [-0.39, 0.29) is 0 Å². The van der Waals surface area contributed by atoms with Gasteiger partial charge in [0.15, 0.2) is 0 Å². The van der Waals surface area contributed by atoms with Gasteiger partial charge in [0.05, 0.1) is 19.3 Å². The maximum Gasteiger partial charge on any atom is 0.338 e. The predicted molar refractivity (Wildman–Crippen MR) is 54.3 cm³/mol. The molecule has 15 heavy (non-hydrogen) atoms. The highest BCUT2D eigenvalue weighted by molar-refractivity contribution is 5.92. The number of aldehydes is 1. The van der Waals surface area contributed by atoms with Crippen molar-refractivity contribution < 1.29 is 19.1 Å². The second-order valence-corrected chi connectivity index (χ2v) is 2.83. The van der Waals surface area contributed by atoms with Gasteiger partial charge in [-0.05, 0) is 25.1 Å². The van der Waals surface area contributed by atoms with E-state index in [1.165, 1.54) is 19.2 Å². The van der Waals surface area contributed by atoms with Crippen LogP contribution in [0.25, 0.3) is 0 Å². The fourth-order valence-corrected chi connectivity index (χ4v) is 1.14. The number of hydrogen-bond donors (Lipinski definition) is 0. The highest BCUT2D eigenvalue weighted by Gasteiger charge is 2.09. The molecule has 0 spiro atoms. The zero-order chi connectivity index (χ0) is 11.3. The molecule has 0 N–H and O–H groups in total. The van der Waals surface area contributed by atoms with Gasteiger partial charge < -0.3 is 9.47 Å². The lowest BCUT2D eigenvalue weighted by atomic mass is 10.1. The van der Waals surface area contributed by atoms with Crippen LogP contribution in [0.15, 0.2) is 18.2 Å². The molecule has 0 radical (unpaired) electrons. The lowest BCUT2D eigenvalue weighted by molar-refractivity contribution is 0.0526. The van der Waals surface area contributed by atoms with E-state index in [1.54, 1.807) is 13.0 Å². The van der Waals surface area contributed by atoms with Crippen molar-refractivity contribution in [2.24, 2.45) is 0 Å². The SMILES string of the molecule is CCOC(=O)c1cc(C=O)cc(OC)c1. The zero-order valence-electron chi connectivity index (χ0n) is 8.65. The van der Waals surface area contributed by atoms with Crippen molar-refractivity contribution in [3.63, 3.8) is 0 Å². The first kappa shape index (κ1) is 11.2. The van der Waals surface area contributed by atoms with Crippen LogP contribution in [0, 0.1) is 0 Å². The summed E-state index contributed by atoms with van der Waals surface area (Å²) in [6, 6.07) is 4.55. The minimum atomic E-state index is -0.459. The summed E-state index contributed by atoms with van der Waals surface area (Å²) in [6.45, 7) is 2.02. The van der Waals surface area contributed by atoms with Crippen LogP contribution in [0.3, 0.4) is 0 Å². The van der Waals surface area contributed by atoms with Gasteiger partial charge in [-0.3, -0.25) is 4.79 Å². The van der Waals surface area contributed by atoms with Crippen molar-refractivity contribution in [1.29, 1.82) is 0 Å². The van der Waals surface area contributed by atoms with Gasteiger partial charge in [0.2, 0.25) is 0 Å². The standard InChI is InChI=1S/C11H12O4/c1-3-15-11(13)9-4-8(7-12)5-10(6-9)14-2/h4-7H,3H2,1-2H3. The van der Waals surface area contributed by atoms with Gasteiger partial charge in [-0.25, -0.2) is 4.79 Å². The topological polar surface area (TPSA) is 52.6 Å². The molecule has 0 unspecified atom stereocenters. The molecule has 0 aromatic heterocycles. The summed E-state index contributed by atoms with van der Waals surface area (Å²) in [7, 11) is 1.47. The second kappa shape index (κ2) is 5.14. The molecule has 0 saturated carbocycles. The van der Waals surface area contributed by atoms with Gasteiger partial charge in [0.25, 0.3) is 0 Å². The molecule has 1 aromatic carbocycles. The van der Waals surface area contributed by atoms with Crippen LogP contribution in [0.1, 0.15) is 27.6 Å². The van der Waals surface area contributed by atoms with E-state index >= 15 is 0 Å².